The molecule has 0 aliphatic rings. The number of para-hydroxylation sites is 1. The van der Waals surface area contributed by atoms with Crippen LogP contribution in [-0.2, 0) is 12.7 Å². The molecule has 0 saturated carbocycles. The molecule has 0 saturated heterocycles. The Morgan fingerprint density at radius 2 is 1.89 bits per heavy atom. The van der Waals surface area contributed by atoms with E-state index in [2.05, 4.69) is 15.1 Å². The van der Waals surface area contributed by atoms with Crippen molar-refractivity contribution in [2.24, 2.45) is 0 Å². The van der Waals surface area contributed by atoms with Gasteiger partial charge in [-0.1, -0.05) is 18.2 Å². The summed E-state index contributed by atoms with van der Waals surface area (Å²) in [7, 11) is 0. The van der Waals surface area contributed by atoms with Gasteiger partial charge in [0.15, 0.2) is 5.43 Å². The second-order valence-corrected chi connectivity index (χ2v) is 6.07. The summed E-state index contributed by atoms with van der Waals surface area (Å²) in [6.07, 6.45) is 0.0384. The highest BCUT2D eigenvalue weighted by molar-refractivity contribution is 5.81. The summed E-state index contributed by atoms with van der Waals surface area (Å²) in [6, 6.07) is 11.0. The minimum absolute atomic E-state index is 0.0981. The van der Waals surface area contributed by atoms with Crippen molar-refractivity contribution in [1.29, 1.82) is 0 Å². The summed E-state index contributed by atoms with van der Waals surface area (Å²) in [4.78, 5) is 18.9. The molecular formula is C19H13F3N4O. The van der Waals surface area contributed by atoms with Gasteiger partial charge < -0.3 is 4.98 Å². The van der Waals surface area contributed by atoms with Gasteiger partial charge in [0.2, 0.25) is 0 Å². The highest BCUT2D eigenvalue weighted by Gasteiger charge is 2.31. The molecule has 0 atom stereocenters. The molecule has 0 bridgehead atoms. The van der Waals surface area contributed by atoms with Gasteiger partial charge in [0.25, 0.3) is 0 Å². The molecule has 1 aromatic carbocycles. The number of nitrogens with zero attached hydrogens (tertiary/aromatic N) is 3. The number of rotatable bonds is 3. The Balaban J connectivity index is 1.60. The topological polar surface area (TPSA) is 63.6 Å². The van der Waals surface area contributed by atoms with Gasteiger partial charge in [-0.25, -0.2) is 0 Å². The van der Waals surface area contributed by atoms with E-state index in [1.54, 1.807) is 29.2 Å². The lowest BCUT2D eigenvalue weighted by Crippen LogP contribution is -2.08. The molecule has 4 aromatic rings. The van der Waals surface area contributed by atoms with Gasteiger partial charge in [-0.3, -0.25) is 14.5 Å². The van der Waals surface area contributed by atoms with E-state index in [-0.39, 0.29) is 12.0 Å². The van der Waals surface area contributed by atoms with E-state index in [1.165, 1.54) is 18.3 Å². The molecule has 4 rings (SSSR count). The fourth-order valence-electron chi connectivity index (χ4n) is 2.81. The highest BCUT2D eigenvalue weighted by Crippen LogP contribution is 2.27. The molecule has 0 aliphatic heterocycles. The molecule has 3 aromatic heterocycles. The molecule has 1 N–H and O–H groups in total. The number of nitrogens with one attached hydrogen (secondary N) is 1. The van der Waals surface area contributed by atoms with Crippen LogP contribution in [0.5, 0.6) is 0 Å². The second-order valence-electron chi connectivity index (χ2n) is 6.07. The number of alkyl halides is 3. The standard InChI is InChI=1S/C19H13F3N4O/c20-19(21,22)18-6-5-12(8-23-18)10-26-11-13(9-24-26)16-7-17(27)14-3-1-2-4-15(14)25-16/h1-9,11H,10H2,(H,25,27). The maximum atomic E-state index is 12.6. The Morgan fingerprint density at radius 1 is 1.07 bits per heavy atom. The van der Waals surface area contributed by atoms with Crippen molar-refractivity contribution in [2.75, 3.05) is 0 Å². The fraction of sp³-hybridized carbons (Fsp3) is 0.105. The summed E-state index contributed by atoms with van der Waals surface area (Å²) in [5.74, 6) is 0. The van der Waals surface area contributed by atoms with Crippen molar-refractivity contribution in [3.8, 4) is 11.3 Å². The molecule has 8 heteroatoms. The van der Waals surface area contributed by atoms with Crippen LogP contribution in [0.15, 0.2) is 65.8 Å². The number of H-pyrrole nitrogens is 1. The first-order chi connectivity index (χ1) is 12.9. The van der Waals surface area contributed by atoms with Gasteiger partial charge in [-0.15, -0.1) is 0 Å². The third-order valence-electron chi connectivity index (χ3n) is 4.14. The zero-order chi connectivity index (χ0) is 19.0. The normalized spacial score (nSPS) is 11.8. The number of aromatic nitrogens is 4. The molecular weight excluding hydrogens is 357 g/mol. The summed E-state index contributed by atoms with van der Waals surface area (Å²) in [5, 5.41) is 4.81. The third kappa shape index (κ3) is 3.46. The minimum atomic E-state index is -4.46. The Labute approximate surface area is 151 Å². The first-order valence-corrected chi connectivity index (χ1v) is 8.07. The minimum Gasteiger partial charge on any atom is -0.354 e. The molecule has 0 fully saturated rings. The van der Waals surface area contributed by atoms with Crippen LogP contribution in [-0.4, -0.2) is 19.7 Å². The van der Waals surface area contributed by atoms with Crippen molar-refractivity contribution in [3.63, 3.8) is 0 Å². The maximum absolute atomic E-state index is 12.6. The zero-order valence-electron chi connectivity index (χ0n) is 13.9. The van der Waals surface area contributed by atoms with Crippen molar-refractivity contribution in [2.45, 2.75) is 12.7 Å². The number of benzene rings is 1. The van der Waals surface area contributed by atoms with Crippen LogP contribution in [0.1, 0.15) is 11.3 Å². The first-order valence-electron chi connectivity index (χ1n) is 8.07. The highest BCUT2D eigenvalue weighted by atomic mass is 19.4. The maximum Gasteiger partial charge on any atom is 0.433 e. The average Bonchev–Trinajstić information content (AvgIpc) is 3.10. The van der Waals surface area contributed by atoms with Crippen LogP contribution < -0.4 is 5.43 Å². The van der Waals surface area contributed by atoms with Crippen LogP contribution >= 0.6 is 0 Å². The van der Waals surface area contributed by atoms with Gasteiger partial charge in [0, 0.05) is 34.9 Å². The second kappa shape index (κ2) is 6.39. The van der Waals surface area contributed by atoms with Crippen LogP contribution in [0.3, 0.4) is 0 Å². The molecule has 0 radical (unpaired) electrons. The molecule has 0 unspecified atom stereocenters. The first kappa shape index (κ1) is 17.0. The van der Waals surface area contributed by atoms with E-state index in [0.29, 0.717) is 22.2 Å². The van der Waals surface area contributed by atoms with Crippen molar-refractivity contribution in [1.82, 2.24) is 19.7 Å². The van der Waals surface area contributed by atoms with Crippen molar-refractivity contribution >= 4 is 10.9 Å². The molecule has 0 amide bonds. The van der Waals surface area contributed by atoms with Crippen LogP contribution in [0.4, 0.5) is 13.2 Å². The van der Waals surface area contributed by atoms with Gasteiger partial charge >= 0.3 is 6.18 Å². The van der Waals surface area contributed by atoms with Gasteiger partial charge in [0.05, 0.1) is 18.4 Å². The summed E-state index contributed by atoms with van der Waals surface area (Å²) in [6.45, 7) is 0.267. The van der Waals surface area contributed by atoms with E-state index in [9.17, 15) is 18.0 Å². The van der Waals surface area contributed by atoms with Gasteiger partial charge in [-0.05, 0) is 23.8 Å². The SMILES string of the molecule is O=c1cc(-c2cnn(Cc3ccc(C(F)(F)F)nc3)c2)[nH]c2ccccc12. The monoisotopic (exact) mass is 370 g/mol. The molecule has 136 valence electrons. The van der Waals surface area contributed by atoms with Crippen LogP contribution in [0.2, 0.25) is 0 Å². The number of hydrogen-bond donors (Lipinski definition) is 1. The Morgan fingerprint density at radius 3 is 2.63 bits per heavy atom. The van der Waals surface area contributed by atoms with Gasteiger partial charge in [-0.2, -0.15) is 18.3 Å². The lowest BCUT2D eigenvalue weighted by atomic mass is 10.1. The Bertz CT molecular complexity index is 1160. The summed E-state index contributed by atoms with van der Waals surface area (Å²) in [5.41, 5.74) is 1.61. The predicted molar refractivity (Wildman–Crippen MR) is 94.1 cm³/mol. The quantitative estimate of drug-likeness (QED) is 0.596. The number of halogens is 3. The van der Waals surface area contributed by atoms with Crippen LogP contribution in [0.25, 0.3) is 22.2 Å². The summed E-state index contributed by atoms with van der Waals surface area (Å²) < 4.78 is 39.3. The predicted octanol–water partition coefficient (Wildman–Crippen LogP) is 3.85. The zero-order valence-corrected chi connectivity index (χ0v) is 13.9. The van der Waals surface area contributed by atoms with E-state index in [0.717, 1.165) is 11.6 Å². The van der Waals surface area contributed by atoms with Crippen molar-refractivity contribution < 1.29 is 13.2 Å². The largest absolute Gasteiger partial charge is 0.433 e. The molecule has 3 heterocycles. The number of fused-ring (bicyclic) bond motifs is 1. The molecule has 0 aliphatic carbocycles. The van der Waals surface area contributed by atoms with E-state index in [1.807, 2.05) is 12.1 Å². The lowest BCUT2D eigenvalue weighted by molar-refractivity contribution is -0.141. The lowest BCUT2D eigenvalue weighted by Gasteiger charge is -2.06. The van der Waals surface area contributed by atoms with Crippen molar-refractivity contribution in [3.05, 3.63) is 82.5 Å². The number of hydrogen-bond acceptors (Lipinski definition) is 3. The van der Waals surface area contributed by atoms with Crippen LogP contribution in [0, 0.1) is 0 Å². The van der Waals surface area contributed by atoms with Gasteiger partial charge in [0.1, 0.15) is 5.69 Å². The van der Waals surface area contributed by atoms with E-state index < -0.39 is 11.9 Å². The molecule has 0 spiro atoms. The number of pyridine rings is 2. The number of aromatic amines is 1. The third-order valence-corrected chi connectivity index (χ3v) is 4.14. The smallest absolute Gasteiger partial charge is 0.354 e. The van der Waals surface area contributed by atoms with E-state index in [4.69, 9.17) is 0 Å². The Hall–Kier alpha value is -3.42. The fourth-order valence-corrected chi connectivity index (χ4v) is 2.81. The molecule has 5 nitrogen and oxygen atoms in total. The molecule has 27 heavy (non-hydrogen) atoms. The average molecular weight is 370 g/mol. The summed E-state index contributed by atoms with van der Waals surface area (Å²) >= 11 is 0. The Kier molecular flexibility index (Phi) is 4.02. The van der Waals surface area contributed by atoms with E-state index >= 15 is 0 Å².